The Morgan fingerprint density at radius 3 is 3.00 bits per heavy atom. The van der Waals surface area contributed by atoms with Gasteiger partial charge in [-0.2, -0.15) is 15.0 Å². The van der Waals surface area contributed by atoms with Crippen LogP contribution in [0.1, 0.15) is 44.7 Å². The van der Waals surface area contributed by atoms with Crippen molar-refractivity contribution in [1.29, 1.82) is 0 Å². The predicted molar refractivity (Wildman–Crippen MR) is 135 cm³/mol. The first-order valence-electron chi connectivity index (χ1n) is 12.5. The monoisotopic (exact) mass is 531 g/mol. The van der Waals surface area contributed by atoms with Gasteiger partial charge in [0.15, 0.2) is 11.0 Å². The Kier molecular flexibility index (Phi) is 5.95. The number of pyridine rings is 2. The third-order valence-corrected chi connectivity index (χ3v) is 8.07. The molecule has 0 bridgehead atoms. The Balaban J connectivity index is 1.46. The molecule has 9 nitrogen and oxygen atoms in total. The number of alkyl halides is 1. The summed E-state index contributed by atoms with van der Waals surface area (Å²) in [7, 11) is 0. The van der Waals surface area contributed by atoms with Crippen molar-refractivity contribution in [3.05, 3.63) is 34.9 Å². The van der Waals surface area contributed by atoms with E-state index in [0.717, 1.165) is 24.9 Å². The highest BCUT2D eigenvalue weighted by Crippen LogP contribution is 2.44. The van der Waals surface area contributed by atoms with Gasteiger partial charge in [-0.15, -0.1) is 0 Å². The van der Waals surface area contributed by atoms with Crippen molar-refractivity contribution < 1.29 is 18.3 Å². The molecular formula is C25H28ClF2N7O2. The molecule has 2 fully saturated rings. The highest BCUT2D eigenvalue weighted by atomic mass is 35.5. The Morgan fingerprint density at radius 1 is 1.35 bits per heavy atom. The number of nitrogens with two attached hydrogens (primary N) is 1. The Labute approximate surface area is 217 Å². The molecule has 6 heterocycles. The lowest BCUT2D eigenvalue weighted by atomic mass is 9.95. The second kappa shape index (κ2) is 9.05. The molecular weight excluding hydrogens is 504 g/mol. The summed E-state index contributed by atoms with van der Waals surface area (Å²) < 4.78 is 41.7. The number of ether oxygens (including phenoxy) is 2. The van der Waals surface area contributed by atoms with E-state index >= 15 is 4.39 Å². The molecule has 0 amide bonds. The van der Waals surface area contributed by atoms with Gasteiger partial charge in [-0.25, -0.2) is 13.8 Å². The molecule has 3 aromatic heterocycles. The summed E-state index contributed by atoms with van der Waals surface area (Å²) in [5.74, 6) is 0.151. The number of aromatic nitrogens is 4. The average molecular weight is 532 g/mol. The molecule has 0 aromatic carbocycles. The SMILES string of the molecule is CC(c1cccnc1N)N1c2nc(OC[C@@]34CCCN3C[C@H](F)C4)nc3c(F)c(Cl)nc(c23)OC[C@@H]1C. The minimum Gasteiger partial charge on any atom is -0.475 e. The second-order valence-electron chi connectivity index (χ2n) is 10.2. The summed E-state index contributed by atoms with van der Waals surface area (Å²) in [5, 5.41) is -0.0429. The topological polar surface area (TPSA) is 103 Å². The van der Waals surface area contributed by atoms with Crippen LogP contribution in [0.4, 0.5) is 20.4 Å². The van der Waals surface area contributed by atoms with Gasteiger partial charge >= 0.3 is 6.01 Å². The molecule has 37 heavy (non-hydrogen) atoms. The molecule has 0 radical (unpaired) electrons. The van der Waals surface area contributed by atoms with Crippen molar-refractivity contribution in [2.75, 3.05) is 36.9 Å². The third kappa shape index (κ3) is 3.99. The fraction of sp³-hybridized carbons (Fsp3) is 0.520. The number of halogens is 3. The van der Waals surface area contributed by atoms with E-state index in [0.29, 0.717) is 30.0 Å². The van der Waals surface area contributed by atoms with E-state index in [1.165, 1.54) is 0 Å². The highest BCUT2D eigenvalue weighted by molar-refractivity contribution is 6.30. The molecule has 1 unspecified atom stereocenters. The average Bonchev–Trinajstić information content (AvgIpc) is 3.35. The quantitative estimate of drug-likeness (QED) is 0.487. The first-order chi connectivity index (χ1) is 17.8. The molecule has 2 saturated heterocycles. The van der Waals surface area contributed by atoms with Crippen molar-refractivity contribution in [3.63, 3.8) is 0 Å². The zero-order valence-corrected chi connectivity index (χ0v) is 21.4. The van der Waals surface area contributed by atoms with Crippen molar-refractivity contribution in [1.82, 2.24) is 24.8 Å². The Hall–Kier alpha value is -3.05. The lowest BCUT2D eigenvalue weighted by Crippen LogP contribution is -2.43. The van der Waals surface area contributed by atoms with E-state index in [4.69, 9.17) is 31.8 Å². The van der Waals surface area contributed by atoms with Crippen LogP contribution in [0.25, 0.3) is 10.9 Å². The van der Waals surface area contributed by atoms with Gasteiger partial charge in [-0.05, 0) is 39.3 Å². The van der Waals surface area contributed by atoms with E-state index in [9.17, 15) is 4.39 Å². The first-order valence-corrected chi connectivity index (χ1v) is 12.9. The normalized spacial score (nSPS) is 26.1. The van der Waals surface area contributed by atoms with E-state index in [2.05, 4.69) is 19.9 Å². The largest absolute Gasteiger partial charge is 0.475 e. The summed E-state index contributed by atoms with van der Waals surface area (Å²) in [6.45, 7) is 5.63. The smallest absolute Gasteiger partial charge is 0.319 e. The molecule has 3 aliphatic heterocycles. The molecule has 4 atom stereocenters. The fourth-order valence-corrected chi connectivity index (χ4v) is 6.23. The minimum atomic E-state index is -0.893. The van der Waals surface area contributed by atoms with Gasteiger partial charge in [-0.1, -0.05) is 17.7 Å². The van der Waals surface area contributed by atoms with Crippen LogP contribution in [0.2, 0.25) is 5.15 Å². The van der Waals surface area contributed by atoms with Gasteiger partial charge in [0.25, 0.3) is 0 Å². The molecule has 2 N–H and O–H groups in total. The summed E-state index contributed by atoms with van der Waals surface area (Å²) in [4.78, 5) is 21.6. The van der Waals surface area contributed by atoms with E-state index in [1.807, 2.05) is 30.9 Å². The number of hydrogen-bond donors (Lipinski definition) is 1. The van der Waals surface area contributed by atoms with Crippen LogP contribution in [0.5, 0.6) is 11.9 Å². The van der Waals surface area contributed by atoms with Crippen LogP contribution in [0, 0.1) is 5.82 Å². The number of nitrogens with zero attached hydrogens (tertiary/aromatic N) is 6. The minimum absolute atomic E-state index is 0.0105. The van der Waals surface area contributed by atoms with Gasteiger partial charge in [0.05, 0.1) is 17.6 Å². The fourth-order valence-electron chi connectivity index (χ4n) is 6.07. The van der Waals surface area contributed by atoms with Gasteiger partial charge in [0.1, 0.15) is 41.9 Å². The molecule has 6 rings (SSSR count). The standard InChI is InChI=1S/C25H28ClF2N7O2/c1-13-11-36-23-17-19(18(28)20(26)32-23)31-24(37-12-25-6-4-8-34(25)10-15(27)9-25)33-22(17)35(13)14(2)16-5-3-7-30-21(16)29/h3,5,7,13-15H,4,6,8-12H2,1-2H3,(H2,29,30)/t13-,14?,15+,25-/m0/s1. The van der Waals surface area contributed by atoms with Gasteiger partial charge in [0, 0.05) is 24.7 Å². The van der Waals surface area contributed by atoms with Crippen LogP contribution in [-0.4, -0.2) is 68.9 Å². The van der Waals surface area contributed by atoms with Crippen molar-refractivity contribution >= 4 is 34.1 Å². The van der Waals surface area contributed by atoms with Crippen LogP contribution in [0.3, 0.4) is 0 Å². The molecule has 0 saturated carbocycles. The molecule has 196 valence electrons. The Bertz CT molecular complexity index is 1360. The van der Waals surface area contributed by atoms with Gasteiger partial charge in [0.2, 0.25) is 5.88 Å². The summed E-state index contributed by atoms with van der Waals surface area (Å²) in [5.41, 5.74) is 6.54. The summed E-state index contributed by atoms with van der Waals surface area (Å²) in [6.07, 6.45) is 2.94. The number of hydrogen-bond acceptors (Lipinski definition) is 9. The second-order valence-corrected chi connectivity index (χ2v) is 10.5. The molecule has 0 spiro atoms. The lowest BCUT2D eigenvalue weighted by molar-refractivity contribution is 0.107. The third-order valence-electron chi connectivity index (χ3n) is 7.82. The van der Waals surface area contributed by atoms with E-state index < -0.39 is 17.5 Å². The van der Waals surface area contributed by atoms with Gasteiger partial charge in [-0.3, -0.25) is 4.90 Å². The molecule has 3 aliphatic rings. The lowest BCUT2D eigenvalue weighted by Gasteiger charge is -2.35. The summed E-state index contributed by atoms with van der Waals surface area (Å²) >= 11 is 6.12. The zero-order valence-electron chi connectivity index (χ0n) is 20.6. The van der Waals surface area contributed by atoms with E-state index in [1.54, 1.807) is 6.20 Å². The number of anilines is 2. The van der Waals surface area contributed by atoms with Crippen molar-refractivity contribution in [2.45, 2.75) is 56.9 Å². The van der Waals surface area contributed by atoms with Crippen molar-refractivity contribution in [3.8, 4) is 11.9 Å². The van der Waals surface area contributed by atoms with Crippen molar-refractivity contribution in [2.24, 2.45) is 0 Å². The van der Waals surface area contributed by atoms with Gasteiger partial charge < -0.3 is 20.1 Å². The number of rotatable bonds is 5. The number of fused-ring (bicyclic) bond motifs is 1. The maximum Gasteiger partial charge on any atom is 0.319 e. The summed E-state index contributed by atoms with van der Waals surface area (Å²) in [6, 6.07) is 3.19. The maximum absolute atomic E-state index is 15.3. The first kappa shape index (κ1) is 24.3. The maximum atomic E-state index is 15.3. The Morgan fingerprint density at radius 2 is 2.19 bits per heavy atom. The van der Waals surface area contributed by atoms with E-state index in [-0.39, 0.29) is 47.9 Å². The zero-order chi connectivity index (χ0) is 25.9. The molecule has 12 heteroatoms. The van der Waals surface area contributed by atoms with Crippen LogP contribution >= 0.6 is 11.6 Å². The predicted octanol–water partition coefficient (Wildman–Crippen LogP) is 4.10. The number of nitrogen functional groups attached to an aromatic ring is 1. The highest BCUT2D eigenvalue weighted by Gasteiger charge is 2.49. The van der Waals surface area contributed by atoms with Crippen LogP contribution in [-0.2, 0) is 0 Å². The molecule has 0 aliphatic carbocycles. The van der Waals surface area contributed by atoms with Crippen LogP contribution in [0.15, 0.2) is 18.3 Å². The van der Waals surface area contributed by atoms with Crippen LogP contribution < -0.4 is 20.1 Å². The molecule has 3 aromatic rings.